The Labute approximate surface area is 639 Å². The molecule has 604 valence electrons. The fourth-order valence-electron chi connectivity index (χ4n) is 11.1. The van der Waals surface area contributed by atoms with Crippen LogP contribution in [0.4, 0.5) is 0 Å². The number of ether oxygens (including phenoxy) is 3. The van der Waals surface area contributed by atoms with Gasteiger partial charge in [0.1, 0.15) is 25.4 Å². The van der Waals surface area contributed by atoms with Gasteiger partial charge >= 0.3 is 33.6 Å². The number of hydrogen-bond acceptors (Lipinski definition) is 14. The summed E-state index contributed by atoms with van der Waals surface area (Å²) in [5, 5.41) is 20.7. The molecule has 5 unspecified atom stereocenters. The number of carbonyl (C=O) groups is 3. The van der Waals surface area contributed by atoms with E-state index in [9.17, 15) is 43.5 Å². The Morgan fingerprint density at radius 1 is 0.276 bits per heavy atom. The van der Waals surface area contributed by atoms with E-state index in [0.29, 0.717) is 19.3 Å². The van der Waals surface area contributed by atoms with Crippen LogP contribution in [-0.4, -0.2) is 95.9 Å². The van der Waals surface area contributed by atoms with Crippen molar-refractivity contribution in [3.05, 3.63) is 134 Å². The average molecular weight is 1510 g/mol. The minimum absolute atomic E-state index is 0.0919. The second kappa shape index (κ2) is 79.2. The molecule has 0 spiro atoms. The number of phosphoric acid groups is 2. The summed E-state index contributed by atoms with van der Waals surface area (Å²) in [6, 6.07) is 0. The van der Waals surface area contributed by atoms with Crippen molar-refractivity contribution in [3.8, 4) is 0 Å². The van der Waals surface area contributed by atoms with Gasteiger partial charge in [-0.2, -0.15) is 0 Å². The first-order chi connectivity index (χ1) is 51.2. The second-order valence-corrected chi connectivity index (χ2v) is 30.4. The van der Waals surface area contributed by atoms with E-state index < -0.39 is 91.5 Å². The first-order valence-electron chi connectivity index (χ1n) is 41.5. The highest BCUT2D eigenvalue weighted by atomic mass is 31.2. The summed E-state index contributed by atoms with van der Waals surface area (Å²) in [6.45, 7) is 2.45. The van der Waals surface area contributed by atoms with Crippen molar-refractivity contribution in [2.75, 3.05) is 39.6 Å². The maximum atomic E-state index is 13.0. The minimum Gasteiger partial charge on any atom is -0.463 e. The Morgan fingerprint density at radius 3 is 0.810 bits per heavy atom. The van der Waals surface area contributed by atoms with Crippen molar-refractivity contribution in [1.82, 2.24) is 0 Å². The molecule has 0 fully saturated rings. The van der Waals surface area contributed by atoms with Gasteiger partial charge in [0.25, 0.3) is 0 Å². The van der Waals surface area contributed by atoms with Gasteiger partial charge in [-0.25, -0.2) is 9.13 Å². The number of allylic oxidation sites excluding steroid dienone is 22. The van der Waals surface area contributed by atoms with E-state index in [2.05, 4.69) is 154 Å². The molecular weight excluding hydrogens is 1360 g/mol. The summed E-state index contributed by atoms with van der Waals surface area (Å²) in [7, 11) is -9.79. The maximum absolute atomic E-state index is 13.0. The number of phosphoric ester groups is 2. The molecule has 0 aliphatic carbocycles. The lowest BCUT2D eigenvalue weighted by atomic mass is 10.0. The molecule has 0 radical (unpaired) electrons. The predicted octanol–water partition coefficient (Wildman–Crippen LogP) is 24.7. The van der Waals surface area contributed by atoms with Gasteiger partial charge in [0.2, 0.25) is 0 Å². The monoisotopic (exact) mass is 1510 g/mol. The van der Waals surface area contributed by atoms with Gasteiger partial charge in [0, 0.05) is 19.3 Å². The van der Waals surface area contributed by atoms with Crippen molar-refractivity contribution >= 4 is 33.6 Å². The van der Waals surface area contributed by atoms with E-state index in [1.807, 2.05) is 0 Å². The lowest BCUT2D eigenvalue weighted by molar-refractivity contribution is -0.161. The highest BCUT2D eigenvalue weighted by Gasteiger charge is 2.29. The molecule has 0 aliphatic heterocycles. The van der Waals surface area contributed by atoms with Gasteiger partial charge in [-0.05, 0) is 135 Å². The van der Waals surface area contributed by atoms with Crippen LogP contribution in [0.25, 0.3) is 0 Å². The molecule has 105 heavy (non-hydrogen) atoms. The smallest absolute Gasteiger partial charge is 0.463 e. The number of aliphatic hydroxyl groups is 2. The highest BCUT2D eigenvalue weighted by molar-refractivity contribution is 7.47. The zero-order valence-corrected chi connectivity index (χ0v) is 67.9. The Bertz CT molecular complexity index is 2440. The normalized spacial score (nSPS) is 14.6. The third-order valence-electron chi connectivity index (χ3n) is 17.3. The van der Waals surface area contributed by atoms with Crippen LogP contribution in [0.1, 0.15) is 342 Å². The molecule has 0 heterocycles. The first-order valence-corrected chi connectivity index (χ1v) is 44.5. The molecule has 5 atom stereocenters. The second-order valence-electron chi connectivity index (χ2n) is 27.5. The van der Waals surface area contributed by atoms with E-state index in [1.54, 1.807) is 0 Å². The van der Waals surface area contributed by atoms with Gasteiger partial charge in [0.05, 0.1) is 26.4 Å². The van der Waals surface area contributed by atoms with Crippen LogP contribution in [0.3, 0.4) is 0 Å². The van der Waals surface area contributed by atoms with Crippen molar-refractivity contribution in [2.24, 2.45) is 0 Å². The van der Waals surface area contributed by atoms with Gasteiger partial charge in [-0.3, -0.25) is 32.5 Å². The lowest BCUT2D eigenvalue weighted by Gasteiger charge is -2.21. The number of rotatable bonds is 78. The van der Waals surface area contributed by atoms with E-state index in [-0.39, 0.29) is 19.3 Å². The molecule has 16 nitrogen and oxygen atoms in total. The molecule has 0 amide bonds. The summed E-state index contributed by atoms with van der Waals surface area (Å²) in [5.41, 5.74) is 0. The Kier molecular flexibility index (Phi) is 76.0. The molecule has 0 saturated carbocycles. The molecule has 0 aliphatic rings. The summed E-state index contributed by atoms with van der Waals surface area (Å²) < 4.78 is 61.2. The van der Waals surface area contributed by atoms with Crippen LogP contribution >= 0.6 is 15.6 Å². The number of hydrogen-bond donors (Lipinski definition) is 4. The molecule has 0 saturated heterocycles. The molecular formula is C87H150O16P2. The zero-order chi connectivity index (χ0) is 76.6. The van der Waals surface area contributed by atoms with Crippen LogP contribution in [0.15, 0.2) is 134 Å². The Morgan fingerprint density at radius 2 is 0.505 bits per heavy atom. The van der Waals surface area contributed by atoms with E-state index in [1.165, 1.54) is 128 Å². The third-order valence-corrected chi connectivity index (χ3v) is 19.2. The third kappa shape index (κ3) is 80.5. The van der Waals surface area contributed by atoms with Crippen LogP contribution in [0, 0.1) is 0 Å². The SMILES string of the molecule is CC/C=C\C/C=C\C/C=C\C/C=C\C/C=C\CCCCCCCCCCCCCCCCCC(=O)OCC(O)COP(=O)(O)OCC(O)COP(=O)(O)OCC(COC(=O)CCCCCCCCCCC/C=C\C/C=C\C/C=C\C/C=C\C/C=C\CC)OC(=O)CCCCCCC/C=C\CCCCCC. The van der Waals surface area contributed by atoms with E-state index in [4.69, 9.17) is 32.3 Å². The molecule has 18 heteroatoms. The van der Waals surface area contributed by atoms with Crippen molar-refractivity contribution < 1.29 is 75.8 Å². The molecule has 0 aromatic heterocycles. The molecule has 0 aromatic carbocycles. The van der Waals surface area contributed by atoms with Gasteiger partial charge in [-0.15, -0.1) is 0 Å². The summed E-state index contributed by atoms with van der Waals surface area (Å²) in [4.78, 5) is 58.7. The topological polar surface area (TPSA) is 231 Å². The first kappa shape index (κ1) is 101. The summed E-state index contributed by atoms with van der Waals surface area (Å²) in [5.74, 6) is -1.58. The minimum atomic E-state index is -4.93. The standard InChI is InChI=1S/C87H150O16P2/c1-4-7-10-13-16-19-22-25-27-29-31-33-35-37-38-39-40-41-42-44-46-47-49-51-53-56-58-61-64-67-70-73-85(90)97-76-82(88)77-99-104(93,94)100-78-83(89)79-101-105(95,96)102-81-84(103-87(92)75-72-69-66-63-60-55-24-21-18-15-12-9-6-3)80-98-86(91)74-71-68-65-62-59-57-54-52-50-48-45-43-36-34-32-30-28-26-23-20-17-14-11-8-5-2/h7-8,10-11,16-17,19-21,24-28,31-34,37-38,43,45,82-84,88-89H,4-6,9,12-15,18,22-23,29-30,35-36,39-42,44,46-81H2,1-3H3,(H,93,94)(H,95,96)/b10-7-,11-8-,19-16-,20-17-,24-21-,27-25-,28-26-,33-31-,34-32-,38-37-,45-43-. The Balaban J connectivity index is 4.46. The fourth-order valence-corrected chi connectivity index (χ4v) is 12.7. The van der Waals surface area contributed by atoms with E-state index >= 15 is 0 Å². The fraction of sp³-hybridized carbons (Fsp3) is 0.713. The molecule has 0 rings (SSSR count). The molecule has 0 aromatic rings. The number of carbonyl (C=O) groups excluding carboxylic acids is 3. The number of unbranched alkanes of at least 4 members (excludes halogenated alkanes) is 33. The number of aliphatic hydroxyl groups excluding tert-OH is 2. The quantitative estimate of drug-likeness (QED) is 0.0146. The van der Waals surface area contributed by atoms with Gasteiger partial charge < -0.3 is 34.2 Å². The van der Waals surface area contributed by atoms with Crippen LogP contribution in [0.5, 0.6) is 0 Å². The van der Waals surface area contributed by atoms with Crippen LogP contribution < -0.4 is 0 Å². The van der Waals surface area contributed by atoms with Crippen molar-refractivity contribution in [1.29, 1.82) is 0 Å². The molecule has 4 N–H and O–H groups in total. The van der Waals surface area contributed by atoms with Crippen LogP contribution in [0.2, 0.25) is 0 Å². The lowest BCUT2D eigenvalue weighted by Crippen LogP contribution is -2.30. The zero-order valence-electron chi connectivity index (χ0n) is 66.1. The van der Waals surface area contributed by atoms with Crippen molar-refractivity contribution in [3.63, 3.8) is 0 Å². The van der Waals surface area contributed by atoms with Gasteiger partial charge in [0.15, 0.2) is 6.10 Å². The summed E-state index contributed by atoms with van der Waals surface area (Å²) >= 11 is 0. The van der Waals surface area contributed by atoms with Crippen molar-refractivity contribution in [2.45, 2.75) is 360 Å². The largest absolute Gasteiger partial charge is 0.472 e. The summed E-state index contributed by atoms with van der Waals surface area (Å²) in [6.07, 6.45) is 96.5. The molecule has 0 bridgehead atoms. The predicted molar refractivity (Wildman–Crippen MR) is 436 cm³/mol. The van der Waals surface area contributed by atoms with E-state index in [0.717, 1.165) is 154 Å². The number of esters is 3. The van der Waals surface area contributed by atoms with Gasteiger partial charge in [-0.1, -0.05) is 321 Å². The maximum Gasteiger partial charge on any atom is 0.472 e. The van der Waals surface area contributed by atoms with Crippen LogP contribution in [-0.2, 0) is 55.8 Å². The highest BCUT2D eigenvalue weighted by Crippen LogP contribution is 2.45. The Hall–Kier alpha value is -4.31. The average Bonchev–Trinajstić information content (AvgIpc) is 0.913.